The number of carbonyl (C=O) groups is 1. The minimum absolute atomic E-state index is 0.00164. The van der Waals surface area contributed by atoms with E-state index in [-0.39, 0.29) is 23.5 Å². The standard InChI is InChI=1S/C23H20F3N3O4S/c1-22(2)20(30)28(14-5-4-13(10-27)17(8-14)23(24,25)26)21(34)29(22)15-6-7-18-19(9-15)32-12-16(33-18)11-31-3/h4-9,16H,11-12H2,1-3H3/t16-/m1/s1. The SMILES string of the molecule is COC[C@@H]1COc2cc(N3C(=S)N(c4ccc(C#N)c(C(F)(F)F)c4)C(=O)C3(C)C)ccc2O1. The maximum absolute atomic E-state index is 13.5. The van der Waals surface area contributed by atoms with Crippen molar-refractivity contribution in [2.24, 2.45) is 0 Å². The molecule has 0 aliphatic carbocycles. The quantitative estimate of drug-likeness (QED) is 0.591. The van der Waals surface area contributed by atoms with Gasteiger partial charge in [-0.2, -0.15) is 18.4 Å². The summed E-state index contributed by atoms with van der Waals surface area (Å²) in [7, 11) is 1.56. The van der Waals surface area contributed by atoms with Crippen LogP contribution in [0.15, 0.2) is 36.4 Å². The number of nitriles is 1. The third-order valence-corrected chi connectivity index (χ3v) is 5.98. The normalized spacial score (nSPS) is 19.4. The van der Waals surface area contributed by atoms with E-state index in [2.05, 4.69) is 0 Å². The van der Waals surface area contributed by atoms with Gasteiger partial charge in [0.05, 0.1) is 29.5 Å². The summed E-state index contributed by atoms with van der Waals surface area (Å²) in [5.41, 5.74) is -2.43. The van der Waals surface area contributed by atoms with Crippen molar-refractivity contribution in [3.63, 3.8) is 0 Å². The molecule has 0 N–H and O–H groups in total. The molecule has 0 bridgehead atoms. The van der Waals surface area contributed by atoms with Gasteiger partial charge in [0.25, 0.3) is 5.91 Å². The zero-order valence-electron chi connectivity index (χ0n) is 18.5. The average molecular weight is 491 g/mol. The Morgan fingerprint density at radius 2 is 1.91 bits per heavy atom. The van der Waals surface area contributed by atoms with Crippen LogP contribution in [0.25, 0.3) is 0 Å². The Balaban J connectivity index is 1.71. The molecule has 1 atom stereocenters. The molecular weight excluding hydrogens is 471 g/mol. The first-order valence-electron chi connectivity index (χ1n) is 10.2. The van der Waals surface area contributed by atoms with Crippen LogP contribution in [0.1, 0.15) is 25.0 Å². The van der Waals surface area contributed by atoms with Crippen molar-refractivity contribution < 1.29 is 32.2 Å². The third-order valence-electron chi connectivity index (χ3n) is 5.61. The van der Waals surface area contributed by atoms with E-state index in [1.165, 1.54) is 12.1 Å². The van der Waals surface area contributed by atoms with Crippen LogP contribution < -0.4 is 19.3 Å². The second-order valence-corrected chi connectivity index (χ2v) is 8.66. The Morgan fingerprint density at radius 1 is 1.21 bits per heavy atom. The number of methoxy groups -OCH3 is 1. The Kier molecular flexibility index (Phi) is 5.91. The van der Waals surface area contributed by atoms with Gasteiger partial charge >= 0.3 is 6.18 Å². The molecule has 1 amide bonds. The fourth-order valence-corrected chi connectivity index (χ4v) is 4.49. The van der Waals surface area contributed by atoms with E-state index in [1.807, 2.05) is 0 Å². The fourth-order valence-electron chi connectivity index (χ4n) is 3.97. The van der Waals surface area contributed by atoms with Crippen LogP contribution in [0.3, 0.4) is 0 Å². The van der Waals surface area contributed by atoms with Gasteiger partial charge in [0.15, 0.2) is 22.7 Å². The summed E-state index contributed by atoms with van der Waals surface area (Å²) in [5.74, 6) is 0.447. The van der Waals surface area contributed by atoms with E-state index < -0.39 is 28.7 Å². The van der Waals surface area contributed by atoms with Gasteiger partial charge in [-0.25, -0.2) is 0 Å². The third kappa shape index (κ3) is 3.93. The second kappa shape index (κ2) is 8.45. The van der Waals surface area contributed by atoms with E-state index in [0.29, 0.717) is 23.8 Å². The number of hydrogen-bond donors (Lipinski definition) is 0. The number of carbonyl (C=O) groups excluding carboxylic acids is 1. The minimum Gasteiger partial charge on any atom is -0.486 e. The molecule has 2 heterocycles. The van der Waals surface area contributed by atoms with Gasteiger partial charge in [-0.1, -0.05) is 0 Å². The number of benzene rings is 2. The molecule has 2 aliphatic heterocycles. The van der Waals surface area contributed by atoms with Crippen molar-refractivity contribution in [2.75, 3.05) is 30.1 Å². The van der Waals surface area contributed by atoms with Gasteiger partial charge in [-0.15, -0.1) is 0 Å². The van der Waals surface area contributed by atoms with Crippen LogP contribution in [0, 0.1) is 11.3 Å². The average Bonchev–Trinajstić information content (AvgIpc) is 2.96. The van der Waals surface area contributed by atoms with Crippen molar-refractivity contribution >= 4 is 34.6 Å². The van der Waals surface area contributed by atoms with E-state index in [0.717, 1.165) is 17.0 Å². The second-order valence-electron chi connectivity index (χ2n) is 8.29. The van der Waals surface area contributed by atoms with Gasteiger partial charge < -0.3 is 19.1 Å². The topological polar surface area (TPSA) is 75.0 Å². The smallest absolute Gasteiger partial charge is 0.417 e. The van der Waals surface area contributed by atoms with Gasteiger partial charge in [-0.05, 0) is 56.4 Å². The predicted molar refractivity (Wildman–Crippen MR) is 121 cm³/mol. The molecule has 2 aliphatic rings. The summed E-state index contributed by atoms with van der Waals surface area (Å²) in [5, 5.41) is 9.07. The number of rotatable bonds is 4. The lowest BCUT2D eigenvalue weighted by Gasteiger charge is -2.31. The largest absolute Gasteiger partial charge is 0.486 e. The van der Waals surface area contributed by atoms with Gasteiger partial charge in [0.2, 0.25) is 0 Å². The van der Waals surface area contributed by atoms with Crippen molar-refractivity contribution in [1.82, 2.24) is 0 Å². The number of fused-ring (bicyclic) bond motifs is 1. The maximum Gasteiger partial charge on any atom is 0.417 e. The molecule has 2 aromatic carbocycles. The highest BCUT2D eigenvalue weighted by atomic mass is 32.1. The molecule has 34 heavy (non-hydrogen) atoms. The first kappa shape index (κ1) is 23.8. The highest BCUT2D eigenvalue weighted by Gasteiger charge is 2.51. The lowest BCUT2D eigenvalue weighted by molar-refractivity contribution is -0.137. The molecule has 0 radical (unpaired) electrons. The van der Waals surface area contributed by atoms with E-state index in [4.69, 9.17) is 31.7 Å². The van der Waals surface area contributed by atoms with E-state index in [9.17, 15) is 18.0 Å². The maximum atomic E-state index is 13.5. The molecule has 1 fully saturated rings. The number of ether oxygens (including phenoxy) is 3. The Hall–Kier alpha value is -3.36. The number of hydrogen-bond acceptors (Lipinski definition) is 6. The highest BCUT2D eigenvalue weighted by molar-refractivity contribution is 7.81. The minimum atomic E-state index is -4.77. The molecule has 0 aromatic heterocycles. The van der Waals surface area contributed by atoms with Crippen LogP contribution in [-0.4, -0.2) is 43.0 Å². The Bertz CT molecular complexity index is 1210. The van der Waals surface area contributed by atoms with Crippen LogP contribution in [0.4, 0.5) is 24.5 Å². The summed E-state index contributed by atoms with van der Waals surface area (Å²) in [6.07, 6.45) is -5.03. The van der Waals surface area contributed by atoms with E-state index >= 15 is 0 Å². The fraction of sp³-hybridized carbons (Fsp3) is 0.348. The van der Waals surface area contributed by atoms with Crippen molar-refractivity contribution in [2.45, 2.75) is 31.7 Å². The van der Waals surface area contributed by atoms with Crippen LogP contribution >= 0.6 is 12.2 Å². The van der Waals surface area contributed by atoms with Crippen molar-refractivity contribution in [1.29, 1.82) is 5.26 Å². The molecular formula is C23H20F3N3O4S. The van der Waals surface area contributed by atoms with Crippen molar-refractivity contribution in [3.8, 4) is 17.6 Å². The molecule has 4 rings (SSSR count). The molecule has 0 spiro atoms. The molecule has 1 saturated heterocycles. The number of halogens is 3. The highest BCUT2D eigenvalue weighted by Crippen LogP contribution is 2.42. The van der Waals surface area contributed by atoms with E-state index in [1.54, 1.807) is 44.1 Å². The van der Waals surface area contributed by atoms with Crippen molar-refractivity contribution in [3.05, 3.63) is 47.5 Å². The zero-order chi connectivity index (χ0) is 24.8. The first-order valence-corrected chi connectivity index (χ1v) is 10.6. The number of alkyl halides is 3. The van der Waals surface area contributed by atoms with Gasteiger partial charge in [0, 0.05) is 18.9 Å². The molecule has 11 heteroatoms. The summed E-state index contributed by atoms with van der Waals surface area (Å²) < 4.78 is 57.2. The predicted octanol–water partition coefficient (Wildman–Crippen LogP) is 4.28. The van der Waals surface area contributed by atoms with Crippen LogP contribution in [-0.2, 0) is 15.7 Å². The summed E-state index contributed by atoms with van der Waals surface area (Å²) in [6, 6.07) is 9.65. The van der Waals surface area contributed by atoms with Gasteiger partial charge in [0.1, 0.15) is 12.1 Å². The lowest BCUT2D eigenvalue weighted by atomic mass is 10.0. The monoisotopic (exact) mass is 491 g/mol. The number of thiocarbonyl (C=S) groups is 1. The molecule has 2 aromatic rings. The number of nitrogens with zero attached hydrogens (tertiary/aromatic N) is 3. The van der Waals surface area contributed by atoms with Crippen LogP contribution in [0.5, 0.6) is 11.5 Å². The summed E-state index contributed by atoms with van der Waals surface area (Å²) in [6.45, 7) is 3.88. The Labute approximate surface area is 199 Å². The number of amides is 1. The zero-order valence-corrected chi connectivity index (χ0v) is 19.3. The Morgan fingerprint density at radius 3 is 2.56 bits per heavy atom. The molecule has 7 nitrogen and oxygen atoms in total. The molecule has 0 saturated carbocycles. The first-order chi connectivity index (χ1) is 16.0. The lowest BCUT2D eigenvalue weighted by Crippen LogP contribution is -2.44. The van der Waals surface area contributed by atoms with Gasteiger partial charge in [-0.3, -0.25) is 9.69 Å². The molecule has 178 valence electrons. The number of anilines is 2. The van der Waals surface area contributed by atoms with Crippen LogP contribution in [0.2, 0.25) is 0 Å². The molecule has 0 unspecified atom stereocenters. The summed E-state index contributed by atoms with van der Waals surface area (Å²) in [4.78, 5) is 15.9. The summed E-state index contributed by atoms with van der Waals surface area (Å²) >= 11 is 5.55.